The van der Waals surface area contributed by atoms with E-state index < -0.39 is 0 Å². The van der Waals surface area contributed by atoms with Crippen LogP contribution in [0.15, 0.2) is 24.3 Å². The molecule has 2 atom stereocenters. The van der Waals surface area contributed by atoms with Gasteiger partial charge in [-0.15, -0.1) is 0 Å². The van der Waals surface area contributed by atoms with Gasteiger partial charge in [-0.2, -0.15) is 9.48 Å². The van der Waals surface area contributed by atoms with Gasteiger partial charge in [-0.3, -0.25) is 0 Å². The van der Waals surface area contributed by atoms with E-state index in [1.54, 1.807) is 0 Å². The van der Waals surface area contributed by atoms with Crippen LogP contribution in [0, 0.1) is 6.92 Å². The average Bonchev–Trinajstić information content (AvgIpc) is 2.66. The molecule has 0 spiro atoms. The van der Waals surface area contributed by atoms with Gasteiger partial charge in [0.15, 0.2) is 0 Å². The first-order chi connectivity index (χ1) is 9.03. The van der Waals surface area contributed by atoms with Gasteiger partial charge in [0.2, 0.25) is 0 Å². The van der Waals surface area contributed by atoms with E-state index in [0.717, 1.165) is 6.42 Å². The molecule has 2 rings (SSSR count). The number of rotatable bonds is 5. The van der Waals surface area contributed by atoms with E-state index in [1.807, 2.05) is 0 Å². The molecule has 0 aliphatic carbocycles. The van der Waals surface area contributed by atoms with Gasteiger partial charge in [0.1, 0.15) is 12.1 Å². The van der Waals surface area contributed by atoms with Crippen LogP contribution in [0.1, 0.15) is 56.2 Å². The molecule has 2 nitrogen and oxygen atoms in total. The van der Waals surface area contributed by atoms with Gasteiger partial charge in [-0.05, 0) is 13.3 Å². The van der Waals surface area contributed by atoms with Gasteiger partial charge in [0.25, 0.3) is 0 Å². The minimum absolute atomic E-state index is 0. The molecule has 0 amide bonds. The summed E-state index contributed by atoms with van der Waals surface area (Å²) in [6.45, 7) is 4.40. The zero-order valence-electron chi connectivity index (χ0n) is 13.2. The molecule has 1 aliphatic heterocycles. The van der Waals surface area contributed by atoms with Crippen molar-refractivity contribution < 1.29 is 33.5 Å². The van der Waals surface area contributed by atoms with Crippen LogP contribution >= 0.6 is 0 Å². The third kappa shape index (κ3) is 4.43. The van der Waals surface area contributed by atoms with Gasteiger partial charge < -0.3 is 24.0 Å². The third-order valence-corrected chi connectivity index (χ3v) is 4.25. The summed E-state index contributed by atoms with van der Waals surface area (Å²) in [4.78, 5) is 6.23. The van der Waals surface area contributed by atoms with Gasteiger partial charge in [-0.25, -0.2) is 0 Å². The number of aryl methyl sites for hydroxylation is 1. The third-order valence-electron chi connectivity index (χ3n) is 4.25. The van der Waals surface area contributed by atoms with E-state index in [1.165, 1.54) is 36.8 Å². The lowest BCUT2D eigenvalue weighted by Crippen LogP contribution is -3.00. The molecule has 1 aromatic carbocycles. The van der Waals surface area contributed by atoms with Crippen molar-refractivity contribution in [2.75, 3.05) is 14.1 Å². The predicted octanol–water partition coefficient (Wildman–Crippen LogP) is 1.40. The van der Waals surface area contributed by atoms with Gasteiger partial charge >= 0.3 is 0 Å². The van der Waals surface area contributed by atoms with E-state index in [4.69, 9.17) is 4.84 Å². The average molecular weight is 389 g/mol. The van der Waals surface area contributed by atoms with Crippen LogP contribution in [0.25, 0.3) is 0 Å². The largest absolute Gasteiger partial charge is 1.00 e. The van der Waals surface area contributed by atoms with Crippen molar-refractivity contribution in [2.24, 2.45) is 0 Å². The number of benzene rings is 1. The summed E-state index contributed by atoms with van der Waals surface area (Å²) in [5, 5.41) is 0. The van der Waals surface area contributed by atoms with Crippen molar-refractivity contribution in [3.63, 3.8) is 0 Å². The smallest absolute Gasteiger partial charge is 0.147 e. The highest BCUT2D eigenvalue weighted by Crippen LogP contribution is 2.39. The number of hydroxylamine groups is 3. The molecular formula is C17H28INO. The Morgan fingerprint density at radius 1 is 1.15 bits per heavy atom. The lowest BCUT2D eigenvalue weighted by atomic mass is 9.97. The first kappa shape index (κ1) is 17.9. The second-order valence-corrected chi connectivity index (χ2v) is 6.32. The maximum Gasteiger partial charge on any atom is 0.147 e. The second kappa shape index (κ2) is 7.76. The van der Waals surface area contributed by atoms with E-state index in [0.29, 0.717) is 16.8 Å². The minimum Gasteiger partial charge on any atom is -1.00 e. The Morgan fingerprint density at radius 3 is 2.40 bits per heavy atom. The molecule has 20 heavy (non-hydrogen) atoms. The Bertz CT molecular complexity index is 402. The van der Waals surface area contributed by atoms with Gasteiger partial charge in [-0.1, -0.05) is 56.0 Å². The monoisotopic (exact) mass is 389 g/mol. The summed E-state index contributed by atoms with van der Waals surface area (Å²) in [6, 6.07) is 9.42. The summed E-state index contributed by atoms with van der Waals surface area (Å²) < 4.78 is 0.667. The molecule has 1 fully saturated rings. The standard InChI is InChI=1S/C17H28NO.HI/c1-5-6-7-8-16-13-17(18(3,4)19-16)15-11-9-14(2)10-12-15;/h9-12,16-17H,5-8,13H2,1-4H3;1H/q+1;/p-1. The first-order valence-electron chi connectivity index (χ1n) is 7.61. The highest BCUT2D eigenvalue weighted by molar-refractivity contribution is 5.23. The summed E-state index contributed by atoms with van der Waals surface area (Å²) >= 11 is 0. The quantitative estimate of drug-likeness (QED) is 0.420. The lowest BCUT2D eigenvalue weighted by molar-refractivity contribution is -1.09. The zero-order chi connectivity index (χ0) is 13.9. The van der Waals surface area contributed by atoms with Crippen molar-refractivity contribution in [3.8, 4) is 0 Å². The Balaban J connectivity index is 0.00000200. The van der Waals surface area contributed by atoms with Crippen molar-refractivity contribution in [3.05, 3.63) is 35.4 Å². The normalized spacial score (nSPS) is 24.4. The second-order valence-electron chi connectivity index (χ2n) is 6.32. The van der Waals surface area contributed by atoms with Crippen LogP contribution in [0.4, 0.5) is 0 Å². The van der Waals surface area contributed by atoms with Crippen LogP contribution in [0.5, 0.6) is 0 Å². The van der Waals surface area contributed by atoms with Crippen LogP contribution in [0.2, 0.25) is 0 Å². The SMILES string of the molecule is CCCCCC1CC(c2ccc(C)cc2)[N+](C)(C)O1.[I-]. The number of quaternary nitrogens is 1. The van der Waals surface area contributed by atoms with Crippen molar-refractivity contribution >= 4 is 0 Å². The van der Waals surface area contributed by atoms with Gasteiger partial charge in [0.05, 0.1) is 14.1 Å². The van der Waals surface area contributed by atoms with Gasteiger partial charge in [0, 0.05) is 12.0 Å². The van der Waals surface area contributed by atoms with E-state index >= 15 is 0 Å². The minimum atomic E-state index is 0. The van der Waals surface area contributed by atoms with E-state index in [2.05, 4.69) is 52.2 Å². The molecule has 3 heteroatoms. The Hall–Kier alpha value is -0.130. The van der Waals surface area contributed by atoms with Crippen LogP contribution in [-0.4, -0.2) is 24.8 Å². The topological polar surface area (TPSA) is 9.23 Å². The zero-order valence-corrected chi connectivity index (χ0v) is 15.4. The fourth-order valence-electron chi connectivity index (χ4n) is 3.08. The van der Waals surface area contributed by atoms with Crippen LogP contribution in [-0.2, 0) is 4.84 Å². The number of hydrogen-bond acceptors (Lipinski definition) is 1. The van der Waals surface area contributed by atoms with Crippen LogP contribution < -0.4 is 24.0 Å². The molecule has 1 saturated heterocycles. The van der Waals surface area contributed by atoms with Crippen LogP contribution in [0.3, 0.4) is 0 Å². The highest BCUT2D eigenvalue weighted by Gasteiger charge is 2.43. The Labute approximate surface area is 141 Å². The maximum atomic E-state index is 6.23. The molecule has 0 bridgehead atoms. The molecule has 0 N–H and O–H groups in total. The first-order valence-corrected chi connectivity index (χ1v) is 7.61. The van der Waals surface area contributed by atoms with Crippen molar-refractivity contribution in [2.45, 2.75) is 58.1 Å². The van der Waals surface area contributed by atoms with Crippen molar-refractivity contribution in [1.82, 2.24) is 0 Å². The maximum absolute atomic E-state index is 6.23. The fraction of sp³-hybridized carbons (Fsp3) is 0.647. The summed E-state index contributed by atoms with van der Waals surface area (Å²) in [7, 11) is 4.37. The molecule has 2 unspecified atom stereocenters. The van der Waals surface area contributed by atoms with E-state index in [-0.39, 0.29) is 24.0 Å². The summed E-state index contributed by atoms with van der Waals surface area (Å²) in [6.07, 6.45) is 6.68. The highest BCUT2D eigenvalue weighted by atomic mass is 127. The van der Waals surface area contributed by atoms with E-state index in [9.17, 15) is 0 Å². The fourth-order valence-corrected chi connectivity index (χ4v) is 3.08. The summed E-state index contributed by atoms with van der Waals surface area (Å²) in [5.41, 5.74) is 2.74. The number of halogens is 1. The molecule has 1 aromatic rings. The Morgan fingerprint density at radius 2 is 1.80 bits per heavy atom. The molecule has 0 saturated carbocycles. The molecule has 1 aliphatic rings. The molecule has 114 valence electrons. The molecule has 1 heterocycles. The number of unbranched alkanes of at least 4 members (excludes halogenated alkanes) is 2. The predicted molar refractivity (Wildman–Crippen MR) is 79.7 cm³/mol. The number of hydrogen-bond donors (Lipinski definition) is 0. The number of nitrogens with zero attached hydrogens (tertiary/aromatic N) is 1. The molecular weight excluding hydrogens is 361 g/mol. The Kier molecular flexibility index (Phi) is 6.95. The lowest BCUT2D eigenvalue weighted by Gasteiger charge is -2.28. The molecule has 0 aromatic heterocycles. The molecule has 0 radical (unpaired) electrons. The summed E-state index contributed by atoms with van der Waals surface area (Å²) in [5.74, 6) is 0. The van der Waals surface area contributed by atoms with Crippen molar-refractivity contribution in [1.29, 1.82) is 0 Å².